The molecule has 0 aliphatic heterocycles. The number of unbranched alkanes of at least 4 members (excludes halogenated alkanes) is 1. The first kappa shape index (κ1) is 6.68. The van der Waals surface area contributed by atoms with Crippen molar-refractivity contribution in [1.82, 2.24) is 0 Å². The Kier molecular flexibility index (Phi) is 2.64. The van der Waals surface area contributed by atoms with Gasteiger partial charge >= 0.3 is 0 Å². The van der Waals surface area contributed by atoms with E-state index in [1.807, 2.05) is 0 Å². The predicted octanol–water partition coefficient (Wildman–Crippen LogP) is 2.59. The van der Waals surface area contributed by atoms with Crippen molar-refractivity contribution in [3.8, 4) is 11.8 Å². The zero-order valence-electron chi connectivity index (χ0n) is 6.11. The van der Waals surface area contributed by atoms with Gasteiger partial charge in [-0.25, -0.2) is 0 Å². The molecule has 9 heavy (non-hydrogen) atoms. The molecule has 0 aromatic rings. The second kappa shape index (κ2) is 3.56. The van der Waals surface area contributed by atoms with E-state index in [1.165, 1.54) is 25.7 Å². The second-order valence-corrected chi connectivity index (χ2v) is 2.75. The first-order chi connectivity index (χ1) is 4.43. The maximum absolute atomic E-state index is 3.20. The van der Waals surface area contributed by atoms with Gasteiger partial charge in [-0.1, -0.05) is 6.92 Å². The molecule has 1 fully saturated rings. The zero-order valence-corrected chi connectivity index (χ0v) is 6.11. The minimum absolute atomic E-state index is 0.981. The quantitative estimate of drug-likeness (QED) is 0.494. The molecule has 0 aromatic carbocycles. The molecule has 0 nitrogen and oxygen atoms in total. The molecule has 0 radical (unpaired) electrons. The van der Waals surface area contributed by atoms with Gasteiger partial charge in [-0.3, -0.25) is 0 Å². The number of hydrogen-bond acceptors (Lipinski definition) is 0. The Morgan fingerprint density at radius 1 is 1.33 bits per heavy atom. The van der Waals surface area contributed by atoms with E-state index < -0.39 is 0 Å². The number of hydrogen-bond donors (Lipinski definition) is 0. The van der Waals surface area contributed by atoms with E-state index in [9.17, 15) is 0 Å². The highest BCUT2D eigenvalue weighted by molar-refractivity contribution is 5.01. The lowest BCUT2D eigenvalue weighted by atomic mass is 10.3. The van der Waals surface area contributed by atoms with Crippen molar-refractivity contribution in [1.29, 1.82) is 0 Å². The van der Waals surface area contributed by atoms with Crippen LogP contribution in [0.3, 0.4) is 0 Å². The Hall–Kier alpha value is -0.440. The van der Waals surface area contributed by atoms with Crippen LogP contribution in [0.1, 0.15) is 39.0 Å². The van der Waals surface area contributed by atoms with Crippen LogP contribution in [0.25, 0.3) is 0 Å². The SMILES string of the molecule is CCCC#CCC1CC1. The fourth-order valence-corrected chi connectivity index (χ4v) is 0.752. The predicted molar refractivity (Wildman–Crippen MR) is 40.0 cm³/mol. The minimum Gasteiger partial charge on any atom is -0.103 e. The van der Waals surface area contributed by atoms with Gasteiger partial charge in [0.15, 0.2) is 0 Å². The van der Waals surface area contributed by atoms with Gasteiger partial charge in [0.2, 0.25) is 0 Å². The topological polar surface area (TPSA) is 0 Å². The summed E-state index contributed by atoms with van der Waals surface area (Å²) in [7, 11) is 0. The maximum Gasteiger partial charge on any atom is 0.0117 e. The first-order valence-corrected chi connectivity index (χ1v) is 3.89. The maximum atomic E-state index is 3.20. The average molecular weight is 122 g/mol. The molecule has 0 aromatic heterocycles. The van der Waals surface area contributed by atoms with Gasteiger partial charge in [0.25, 0.3) is 0 Å². The van der Waals surface area contributed by atoms with Crippen LogP contribution in [0.2, 0.25) is 0 Å². The summed E-state index contributed by atoms with van der Waals surface area (Å²) >= 11 is 0. The molecular weight excluding hydrogens is 108 g/mol. The van der Waals surface area contributed by atoms with Crippen LogP contribution in [0.5, 0.6) is 0 Å². The summed E-state index contributed by atoms with van der Waals surface area (Å²) in [5.74, 6) is 7.34. The molecule has 0 unspecified atom stereocenters. The molecule has 0 atom stereocenters. The molecule has 0 amide bonds. The highest BCUT2D eigenvalue weighted by Gasteiger charge is 2.19. The summed E-state index contributed by atoms with van der Waals surface area (Å²) in [5.41, 5.74) is 0. The molecule has 1 rings (SSSR count). The molecule has 50 valence electrons. The van der Waals surface area contributed by atoms with Gasteiger partial charge in [-0.05, 0) is 25.2 Å². The molecule has 0 saturated heterocycles. The van der Waals surface area contributed by atoms with Crippen molar-refractivity contribution in [2.45, 2.75) is 39.0 Å². The summed E-state index contributed by atoms with van der Waals surface area (Å²) in [6.07, 6.45) is 6.33. The van der Waals surface area contributed by atoms with Crippen LogP contribution >= 0.6 is 0 Å². The van der Waals surface area contributed by atoms with E-state index >= 15 is 0 Å². The molecule has 0 heterocycles. The Morgan fingerprint density at radius 2 is 2.11 bits per heavy atom. The summed E-state index contributed by atoms with van der Waals surface area (Å²) in [4.78, 5) is 0. The second-order valence-electron chi connectivity index (χ2n) is 2.75. The normalized spacial score (nSPS) is 16.6. The summed E-state index contributed by atoms with van der Waals surface area (Å²) < 4.78 is 0. The summed E-state index contributed by atoms with van der Waals surface area (Å²) in [6, 6.07) is 0. The van der Waals surface area contributed by atoms with E-state index in [0.29, 0.717) is 0 Å². The van der Waals surface area contributed by atoms with Crippen molar-refractivity contribution in [2.75, 3.05) is 0 Å². The van der Waals surface area contributed by atoms with Crippen molar-refractivity contribution in [2.24, 2.45) is 5.92 Å². The molecular formula is C9H14. The first-order valence-electron chi connectivity index (χ1n) is 3.89. The van der Waals surface area contributed by atoms with Crippen molar-refractivity contribution < 1.29 is 0 Å². The number of rotatable bonds is 2. The lowest BCUT2D eigenvalue weighted by molar-refractivity contribution is 0.880. The van der Waals surface area contributed by atoms with E-state index in [0.717, 1.165) is 12.3 Å². The fraction of sp³-hybridized carbons (Fsp3) is 0.778. The summed E-state index contributed by atoms with van der Waals surface area (Å²) in [5, 5.41) is 0. The van der Waals surface area contributed by atoms with Gasteiger partial charge < -0.3 is 0 Å². The van der Waals surface area contributed by atoms with Crippen molar-refractivity contribution in [3.63, 3.8) is 0 Å². The van der Waals surface area contributed by atoms with Crippen LogP contribution in [0.4, 0.5) is 0 Å². The van der Waals surface area contributed by atoms with E-state index in [2.05, 4.69) is 18.8 Å². The van der Waals surface area contributed by atoms with Gasteiger partial charge in [0, 0.05) is 12.8 Å². The average Bonchev–Trinajstić information content (AvgIpc) is 2.63. The molecule has 0 bridgehead atoms. The molecule has 1 aliphatic carbocycles. The summed E-state index contributed by atoms with van der Waals surface area (Å²) in [6.45, 7) is 2.17. The molecule has 0 spiro atoms. The van der Waals surface area contributed by atoms with Crippen LogP contribution in [0, 0.1) is 17.8 Å². The van der Waals surface area contributed by atoms with E-state index in [1.54, 1.807) is 0 Å². The highest BCUT2D eigenvalue weighted by atomic mass is 14.2. The standard InChI is InChI=1S/C9H14/c1-2-3-4-5-6-9-7-8-9/h9H,2-3,6-8H2,1H3. The van der Waals surface area contributed by atoms with Gasteiger partial charge in [0.05, 0.1) is 0 Å². The van der Waals surface area contributed by atoms with Crippen molar-refractivity contribution in [3.05, 3.63) is 0 Å². The van der Waals surface area contributed by atoms with Gasteiger partial charge in [-0.2, -0.15) is 0 Å². The third-order valence-electron chi connectivity index (χ3n) is 1.59. The third kappa shape index (κ3) is 3.19. The highest BCUT2D eigenvalue weighted by Crippen LogP contribution is 2.31. The lowest BCUT2D eigenvalue weighted by Gasteiger charge is -1.80. The Morgan fingerprint density at radius 3 is 2.67 bits per heavy atom. The van der Waals surface area contributed by atoms with E-state index in [-0.39, 0.29) is 0 Å². The van der Waals surface area contributed by atoms with Crippen LogP contribution in [-0.2, 0) is 0 Å². The minimum atomic E-state index is 0.981. The smallest absolute Gasteiger partial charge is 0.0117 e. The van der Waals surface area contributed by atoms with Crippen LogP contribution in [0.15, 0.2) is 0 Å². The Bertz CT molecular complexity index is 121. The van der Waals surface area contributed by atoms with E-state index in [4.69, 9.17) is 0 Å². The van der Waals surface area contributed by atoms with Crippen LogP contribution < -0.4 is 0 Å². The Labute approximate surface area is 57.7 Å². The fourth-order valence-electron chi connectivity index (χ4n) is 0.752. The third-order valence-corrected chi connectivity index (χ3v) is 1.59. The van der Waals surface area contributed by atoms with Crippen LogP contribution in [-0.4, -0.2) is 0 Å². The van der Waals surface area contributed by atoms with Gasteiger partial charge in [-0.15, -0.1) is 11.8 Å². The molecule has 1 aliphatic rings. The molecule has 0 N–H and O–H groups in total. The zero-order chi connectivity index (χ0) is 6.53. The lowest BCUT2D eigenvalue weighted by Crippen LogP contribution is -1.69. The van der Waals surface area contributed by atoms with Crippen molar-refractivity contribution >= 4 is 0 Å². The molecule has 1 saturated carbocycles. The monoisotopic (exact) mass is 122 g/mol. The molecule has 0 heteroatoms. The Balaban J connectivity index is 1.95. The van der Waals surface area contributed by atoms with Gasteiger partial charge in [0.1, 0.15) is 0 Å². The largest absolute Gasteiger partial charge is 0.103 e.